The molecule has 0 aliphatic heterocycles. The molecule has 1 amide bonds. The second-order valence-electron chi connectivity index (χ2n) is 7.56. The first-order chi connectivity index (χ1) is 16.9. The number of aromatic nitrogens is 3. The third-order valence-corrected chi connectivity index (χ3v) is 5.23. The van der Waals surface area contributed by atoms with Gasteiger partial charge in [-0.1, -0.05) is 6.58 Å². The first-order valence-electron chi connectivity index (χ1n) is 10.5. The summed E-state index contributed by atoms with van der Waals surface area (Å²) in [5.74, 6) is -0.192. The Morgan fingerprint density at radius 1 is 1.17 bits per heavy atom. The standard InChI is InChI=1S/C26H21N5O4/c1-4-25(33)30-20-8-18(9-22(11-20)34-3)19-10-23-24(17-5-6-28-21(7-17)12-27)14-31(15-35-16(2)32)26(23)29-13-19/h4-11,13-14H,1,15H2,2-3H3,(H,30,33). The number of amides is 1. The summed E-state index contributed by atoms with van der Waals surface area (Å²) < 4.78 is 12.3. The Morgan fingerprint density at radius 3 is 2.71 bits per heavy atom. The molecule has 0 bridgehead atoms. The van der Waals surface area contributed by atoms with E-state index in [1.807, 2.05) is 24.4 Å². The first kappa shape index (κ1) is 23.2. The number of carbonyl (C=O) groups is 2. The van der Waals surface area contributed by atoms with E-state index in [1.165, 1.54) is 13.0 Å². The molecule has 4 rings (SSSR count). The number of esters is 1. The number of pyridine rings is 2. The Kier molecular flexibility index (Phi) is 6.55. The number of benzene rings is 1. The number of rotatable bonds is 7. The van der Waals surface area contributed by atoms with Gasteiger partial charge in [-0.15, -0.1) is 0 Å². The molecule has 0 atom stereocenters. The molecule has 35 heavy (non-hydrogen) atoms. The Balaban J connectivity index is 1.88. The van der Waals surface area contributed by atoms with Gasteiger partial charge in [-0.25, -0.2) is 9.97 Å². The van der Waals surface area contributed by atoms with Gasteiger partial charge in [-0.2, -0.15) is 5.26 Å². The average molecular weight is 467 g/mol. The SMILES string of the molecule is C=CC(=O)Nc1cc(OC)cc(-c2cnc3c(c2)c(-c2ccnc(C#N)c2)cn3COC(C)=O)c1. The van der Waals surface area contributed by atoms with Crippen molar-refractivity contribution in [3.05, 3.63) is 73.3 Å². The minimum atomic E-state index is -0.411. The normalized spacial score (nSPS) is 10.4. The van der Waals surface area contributed by atoms with Crippen LogP contribution >= 0.6 is 0 Å². The van der Waals surface area contributed by atoms with Crippen molar-refractivity contribution < 1.29 is 19.1 Å². The number of hydrogen-bond acceptors (Lipinski definition) is 7. The molecule has 9 nitrogen and oxygen atoms in total. The number of fused-ring (bicyclic) bond motifs is 1. The summed E-state index contributed by atoms with van der Waals surface area (Å²) in [5.41, 5.74) is 4.53. The highest BCUT2D eigenvalue weighted by Gasteiger charge is 2.15. The number of nitriles is 1. The number of nitrogens with zero attached hydrogens (tertiary/aromatic N) is 4. The minimum Gasteiger partial charge on any atom is -0.497 e. The summed E-state index contributed by atoms with van der Waals surface area (Å²) in [7, 11) is 1.54. The van der Waals surface area contributed by atoms with E-state index in [2.05, 4.69) is 27.9 Å². The molecule has 9 heteroatoms. The number of ether oxygens (including phenoxy) is 2. The second kappa shape index (κ2) is 9.89. The monoisotopic (exact) mass is 467 g/mol. The lowest BCUT2D eigenvalue weighted by molar-refractivity contribution is -0.144. The molecule has 0 spiro atoms. The number of carbonyl (C=O) groups excluding carboxylic acids is 2. The zero-order chi connectivity index (χ0) is 24.9. The molecule has 0 aliphatic rings. The lowest BCUT2D eigenvalue weighted by Crippen LogP contribution is -2.07. The highest BCUT2D eigenvalue weighted by Crippen LogP contribution is 2.35. The molecular formula is C26H21N5O4. The lowest BCUT2D eigenvalue weighted by atomic mass is 10.0. The van der Waals surface area contributed by atoms with Crippen LogP contribution in [0.4, 0.5) is 5.69 Å². The maximum Gasteiger partial charge on any atom is 0.304 e. The van der Waals surface area contributed by atoms with Crippen LogP contribution in [0.3, 0.4) is 0 Å². The van der Waals surface area contributed by atoms with Gasteiger partial charge < -0.3 is 14.8 Å². The Bertz CT molecular complexity index is 1500. The van der Waals surface area contributed by atoms with Gasteiger partial charge in [-0.3, -0.25) is 14.2 Å². The van der Waals surface area contributed by atoms with Gasteiger partial charge in [0.15, 0.2) is 6.73 Å². The van der Waals surface area contributed by atoms with Crippen LogP contribution in [0.25, 0.3) is 33.3 Å². The van der Waals surface area contributed by atoms with Crippen molar-refractivity contribution in [3.63, 3.8) is 0 Å². The van der Waals surface area contributed by atoms with Crippen LogP contribution in [0.15, 0.2) is 67.6 Å². The molecule has 0 saturated heterocycles. The molecule has 1 aromatic carbocycles. The summed E-state index contributed by atoms with van der Waals surface area (Å²) in [4.78, 5) is 31.9. The van der Waals surface area contributed by atoms with Gasteiger partial charge >= 0.3 is 5.97 Å². The lowest BCUT2D eigenvalue weighted by Gasteiger charge is -2.10. The molecule has 174 valence electrons. The molecule has 0 aliphatic carbocycles. The van der Waals surface area contributed by atoms with Gasteiger partial charge in [0.1, 0.15) is 23.2 Å². The van der Waals surface area contributed by atoms with Crippen LogP contribution in [-0.4, -0.2) is 33.5 Å². The first-order valence-corrected chi connectivity index (χ1v) is 10.5. The number of methoxy groups -OCH3 is 1. The second-order valence-corrected chi connectivity index (χ2v) is 7.56. The van der Waals surface area contributed by atoms with Crippen LogP contribution in [-0.2, 0) is 21.1 Å². The van der Waals surface area contributed by atoms with E-state index >= 15 is 0 Å². The summed E-state index contributed by atoms with van der Waals surface area (Å²) >= 11 is 0. The predicted octanol–water partition coefficient (Wildman–Crippen LogP) is 4.29. The van der Waals surface area contributed by atoms with Crippen LogP contribution in [0.1, 0.15) is 12.6 Å². The van der Waals surface area contributed by atoms with Crippen LogP contribution in [0, 0.1) is 11.3 Å². The van der Waals surface area contributed by atoms with Crippen molar-refractivity contribution in [2.24, 2.45) is 0 Å². The van der Waals surface area contributed by atoms with Crippen molar-refractivity contribution in [1.29, 1.82) is 5.26 Å². The van der Waals surface area contributed by atoms with E-state index in [0.717, 1.165) is 27.6 Å². The van der Waals surface area contributed by atoms with Crippen molar-refractivity contribution in [1.82, 2.24) is 14.5 Å². The van der Waals surface area contributed by atoms with E-state index in [0.29, 0.717) is 17.1 Å². The third-order valence-electron chi connectivity index (χ3n) is 5.23. The van der Waals surface area contributed by atoms with Crippen LogP contribution < -0.4 is 10.1 Å². The van der Waals surface area contributed by atoms with Gasteiger partial charge in [0.2, 0.25) is 5.91 Å². The molecule has 3 heterocycles. The summed E-state index contributed by atoms with van der Waals surface area (Å²) in [6.07, 6.45) is 6.27. The van der Waals surface area contributed by atoms with E-state index in [-0.39, 0.29) is 18.3 Å². The molecule has 0 saturated carbocycles. The predicted molar refractivity (Wildman–Crippen MR) is 130 cm³/mol. The van der Waals surface area contributed by atoms with Gasteiger partial charge in [-0.05, 0) is 47.5 Å². The van der Waals surface area contributed by atoms with Crippen molar-refractivity contribution >= 4 is 28.6 Å². The maximum absolute atomic E-state index is 11.8. The van der Waals surface area contributed by atoms with Gasteiger partial charge in [0.25, 0.3) is 0 Å². The fraction of sp³-hybridized carbons (Fsp3) is 0.115. The highest BCUT2D eigenvalue weighted by atomic mass is 16.5. The molecule has 3 aromatic heterocycles. The van der Waals surface area contributed by atoms with Crippen molar-refractivity contribution in [2.45, 2.75) is 13.7 Å². The number of hydrogen-bond donors (Lipinski definition) is 1. The number of anilines is 1. The Labute approximate surface area is 201 Å². The maximum atomic E-state index is 11.8. The van der Waals surface area contributed by atoms with E-state index in [4.69, 9.17) is 9.47 Å². The number of nitrogens with one attached hydrogen (secondary N) is 1. The largest absolute Gasteiger partial charge is 0.497 e. The van der Waals surface area contributed by atoms with Crippen molar-refractivity contribution in [2.75, 3.05) is 12.4 Å². The summed E-state index contributed by atoms with van der Waals surface area (Å²) in [6, 6.07) is 12.8. The fourth-order valence-corrected chi connectivity index (χ4v) is 3.63. The van der Waals surface area contributed by atoms with E-state index in [9.17, 15) is 14.9 Å². The van der Waals surface area contributed by atoms with Crippen LogP contribution in [0.5, 0.6) is 5.75 Å². The third kappa shape index (κ3) is 5.02. The average Bonchev–Trinajstić information content (AvgIpc) is 3.25. The Hall–Kier alpha value is -4.97. The fourth-order valence-electron chi connectivity index (χ4n) is 3.63. The zero-order valence-electron chi connectivity index (χ0n) is 19.1. The molecule has 4 aromatic rings. The molecular weight excluding hydrogens is 446 g/mol. The smallest absolute Gasteiger partial charge is 0.304 e. The highest BCUT2D eigenvalue weighted by molar-refractivity contribution is 6.00. The van der Waals surface area contributed by atoms with Gasteiger partial charge in [0.05, 0.1) is 7.11 Å². The minimum absolute atomic E-state index is 0.00867. The van der Waals surface area contributed by atoms with Crippen molar-refractivity contribution in [3.8, 4) is 34.1 Å². The molecule has 1 N–H and O–H groups in total. The molecule has 0 radical (unpaired) electrons. The van der Waals surface area contributed by atoms with E-state index < -0.39 is 5.97 Å². The summed E-state index contributed by atoms with van der Waals surface area (Å²) in [5, 5.41) is 12.8. The molecule has 0 fully saturated rings. The quantitative estimate of drug-likeness (QED) is 0.318. The van der Waals surface area contributed by atoms with E-state index in [1.54, 1.807) is 42.3 Å². The van der Waals surface area contributed by atoms with Gasteiger partial charge in [0, 0.05) is 53.8 Å². The Morgan fingerprint density at radius 2 is 2.00 bits per heavy atom. The zero-order valence-corrected chi connectivity index (χ0v) is 19.1. The summed E-state index contributed by atoms with van der Waals surface area (Å²) in [6.45, 7) is 4.81. The topological polar surface area (TPSA) is 119 Å². The van der Waals surface area contributed by atoms with Crippen LogP contribution in [0.2, 0.25) is 0 Å². The molecule has 0 unspecified atom stereocenters.